The third kappa shape index (κ3) is 8.58. The molecule has 0 N–H and O–H groups in total. The van der Waals surface area contributed by atoms with Gasteiger partial charge < -0.3 is 20.3 Å². The molecule has 2 fully saturated rings. The minimum atomic E-state index is -1.37. The number of hydrogen-bond acceptors (Lipinski definition) is 5. The second-order valence-electron chi connectivity index (χ2n) is 6.92. The van der Waals surface area contributed by atoms with E-state index in [1.165, 1.54) is 14.2 Å². The zero-order chi connectivity index (χ0) is 26.1. The molecule has 1 aromatic rings. The van der Waals surface area contributed by atoms with E-state index >= 15 is 0 Å². The Hall–Kier alpha value is -2.52. The molecule has 179 valence electrons. The van der Waals surface area contributed by atoms with E-state index in [0.717, 1.165) is 5.56 Å². The van der Waals surface area contributed by atoms with E-state index in [9.17, 15) is 14.4 Å². The van der Waals surface area contributed by atoms with Gasteiger partial charge in [0.15, 0.2) is 5.41 Å². The molecular weight excluding hydrogens is 624 g/mol. The Balaban J connectivity index is 0. The van der Waals surface area contributed by atoms with Crippen LogP contribution < -0.4 is 0 Å². The SMILES string of the molecule is COC(=O)C1(C(=O)OC)CC2=[C-]C(=O)[C@@H](c3ccccc3)[C@@H]2C1.[C-]#[O+].[C-]#[O+].[C-]#[O+].[CH]1[CH][CH][CH][CH]1.[W+2]. The van der Waals surface area contributed by atoms with Crippen molar-refractivity contribution in [3.05, 3.63) is 99.6 Å². The van der Waals surface area contributed by atoms with Crippen molar-refractivity contribution in [3.63, 3.8) is 0 Å². The smallest absolute Gasteiger partial charge is 0.0312 e. The maximum absolute atomic E-state index is 12.3. The van der Waals surface area contributed by atoms with Crippen molar-refractivity contribution in [1.82, 2.24) is 0 Å². The van der Waals surface area contributed by atoms with Crippen molar-refractivity contribution >= 4 is 17.7 Å². The quantitative estimate of drug-likeness (QED) is 0.216. The van der Waals surface area contributed by atoms with Crippen LogP contribution in [0, 0.1) is 69.5 Å². The van der Waals surface area contributed by atoms with E-state index in [1.54, 1.807) is 0 Å². The zero-order valence-electron chi connectivity index (χ0n) is 19.0. The topological polar surface area (TPSA) is 129 Å². The first-order valence-corrected chi connectivity index (χ1v) is 9.70. The molecule has 0 unspecified atom stereocenters. The molecule has 0 spiro atoms. The average molecular weight is 646 g/mol. The van der Waals surface area contributed by atoms with Crippen LogP contribution in [0.4, 0.5) is 0 Å². The maximum Gasteiger partial charge on any atom is 2.00 e. The second kappa shape index (κ2) is 18.8. The summed E-state index contributed by atoms with van der Waals surface area (Å²) >= 11 is 0. The number of carbonyl (C=O) groups is 3. The van der Waals surface area contributed by atoms with E-state index in [-0.39, 0.29) is 45.6 Å². The first-order chi connectivity index (χ1) is 16.5. The van der Waals surface area contributed by atoms with Crippen molar-refractivity contribution in [2.45, 2.75) is 18.8 Å². The first-order valence-electron chi connectivity index (χ1n) is 9.70. The molecule has 35 heavy (non-hydrogen) atoms. The van der Waals surface area contributed by atoms with Gasteiger partial charge in [-0.3, -0.25) is 9.59 Å². The zero-order valence-corrected chi connectivity index (χ0v) is 22.0. The molecule has 5 radical (unpaired) electrons. The molecule has 0 heterocycles. The number of rotatable bonds is 3. The minimum absolute atomic E-state index is 0. The summed E-state index contributed by atoms with van der Waals surface area (Å²) in [5.41, 5.74) is 0.208. The third-order valence-electron chi connectivity index (χ3n) is 5.34. The van der Waals surface area contributed by atoms with E-state index < -0.39 is 23.3 Å². The first kappa shape index (κ1) is 34.6. The molecule has 3 aliphatic carbocycles. The normalized spacial score (nSPS) is 19.9. The molecule has 1 aromatic carbocycles. The predicted octanol–water partition coefficient (Wildman–Crippen LogP) is 2.73. The number of ketones is 1. The summed E-state index contributed by atoms with van der Waals surface area (Å²) < 4.78 is 32.2. The number of ether oxygens (including phenoxy) is 2. The Kier molecular flexibility index (Phi) is 18.6. The van der Waals surface area contributed by atoms with E-state index in [1.807, 2.05) is 62.4 Å². The van der Waals surface area contributed by atoms with Gasteiger partial charge in [-0.2, -0.15) is 0 Å². The molecule has 0 amide bonds. The second-order valence-corrected chi connectivity index (χ2v) is 6.92. The van der Waals surface area contributed by atoms with E-state index in [4.69, 9.17) is 23.4 Å². The summed E-state index contributed by atoms with van der Waals surface area (Å²) in [4.78, 5) is 36.8. The number of allylic oxidation sites excluding steroid dienone is 2. The molecule has 2 atom stereocenters. The monoisotopic (exact) mass is 646 g/mol. The van der Waals surface area contributed by atoms with Gasteiger partial charge in [-0.1, -0.05) is 30.3 Å². The van der Waals surface area contributed by atoms with Gasteiger partial charge in [0.1, 0.15) is 0 Å². The van der Waals surface area contributed by atoms with Crippen LogP contribution in [0.15, 0.2) is 35.9 Å². The number of esters is 2. The summed E-state index contributed by atoms with van der Waals surface area (Å²) in [5, 5.41) is 0. The summed E-state index contributed by atoms with van der Waals surface area (Å²) in [7, 11) is 2.50. The van der Waals surface area contributed by atoms with Crippen LogP contribution in [0.1, 0.15) is 24.3 Å². The van der Waals surface area contributed by atoms with Crippen molar-refractivity contribution in [2.75, 3.05) is 14.2 Å². The largest absolute Gasteiger partial charge is 2.00 e. The fourth-order valence-corrected chi connectivity index (χ4v) is 4.05. The summed E-state index contributed by atoms with van der Waals surface area (Å²) in [5.74, 6) is -1.95. The number of methoxy groups -OCH3 is 2. The molecule has 0 aliphatic heterocycles. The van der Waals surface area contributed by atoms with Gasteiger partial charge in [0.25, 0.3) is 0 Å². The fourth-order valence-electron chi connectivity index (χ4n) is 4.05. The summed E-state index contributed by atoms with van der Waals surface area (Å²) in [6.07, 6.45) is 13.2. The predicted molar refractivity (Wildman–Crippen MR) is 113 cm³/mol. The third-order valence-corrected chi connectivity index (χ3v) is 5.34. The van der Waals surface area contributed by atoms with Crippen molar-refractivity contribution < 1.29 is 58.9 Å². The molecule has 0 aromatic heterocycles. The molecule has 0 saturated heterocycles. The van der Waals surface area contributed by atoms with E-state index in [0.29, 0.717) is 5.57 Å². The molecular formula is C26H22O8W+. The van der Waals surface area contributed by atoms with Gasteiger partial charge in [0, 0.05) is 5.92 Å². The standard InChI is InChI=1S/C18H17O5.C5H5.3CO.W/c1-22-16(20)18(17(21)23-2)9-12-8-14(19)15(13(12)10-18)11-6-4-3-5-7-11;1-2-4-5-3-1;3*1-2;/h3-7,13,15H,9-10H2,1-2H3;1-5H;;;;/q-1;;;;;+2/t13-,15+;;;;;/m1...../s1. The van der Waals surface area contributed by atoms with Gasteiger partial charge in [-0.25, -0.2) is 5.57 Å². The van der Waals surface area contributed by atoms with E-state index in [2.05, 4.69) is 26.0 Å². The number of carbonyl (C=O) groups excluding carboxylic acids is 3. The van der Waals surface area contributed by atoms with Gasteiger partial charge in [-0.05, 0) is 62.2 Å². The Morgan fingerprint density at radius 3 is 1.71 bits per heavy atom. The number of Topliss-reactive ketones (excluding diaryl/α,β-unsaturated/α-hetero) is 1. The van der Waals surface area contributed by atoms with Crippen LogP contribution in [-0.2, 0) is 58.9 Å². The van der Waals surface area contributed by atoms with Crippen LogP contribution in [0.25, 0.3) is 0 Å². The summed E-state index contributed by atoms with van der Waals surface area (Å²) in [6, 6.07) is 9.36. The van der Waals surface area contributed by atoms with Gasteiger partial charge in [-0.15, -0.1) is 0 Å². The Morgan fingerprint density at radius 1 is 0.886 bits per heavy atom. The Bertz CT molecular complexity index is 859. The van der Waals surface area contributed by atoms with Crippen LogP contribution >= 0.6 is 0 Å². The number of hydrogen-bond donors (Lipinski definition) is 0. The number of fused-ring (bicyclic) bond motifs is 1. The molecule has 0 bridgehead atoms. The van der Waals surface area contributed by atoms with Crippen molar-refractivity contribution in [1.29, 1.82) is 0 Å². The van der Waals surface area contributed by atoms with Gasteiger partial charge >= 0.3 is 66.9 Å². The molecule has 3 aliphatic rings. The van der Waals surface area contributed by atoms with Crippen LogP contribution in [0.5, 0.6) is 0 Å². The van der Waals surface area contributed by atoms with Crippen LogP contribution in [-0.4, -0.2) is 31.9 Å². The number of benzene rings is 1. The molecule has 2 saturated carbocycles. The fraction of sp³-hybridized carbons (Fsp3) is 0.269. The minimum Gasteiger partial charge on any atom is -0.0312 e. The molecule has 8 nitrogen and oxygen atoms in total. The Labute approximate surface area is 220 Å². The van der Waals surface area contributed by atoms with Crippen molar-refractivity contribution in [3.8, 4) is 0 Å². The van der Waals surface area contributed by atoms with Crippen molar-refractivity contribution in [2.24, 2.45) is 11.3 Å². The molecule has 9 heteroatoms. The Morgan fingerprint density at radius 2 is 1.31 bits per heavy atom. The van der Waals surface area contributed by atoms with Gasteiger partial charge in [0.2, 0.25) is 0 Å². The van der Waals surface area contributed by atoms with Crippen LogP contribution in [0.2, 0.25) is 0 Å². The maximum atomic E-state index is 12.3. The molecule has 4 rings (SSSR count). The van der Waals surface area contributed by atoms with Crippen LogP contribution in [0.3, 0.4) is 0 Å². The summed E-state index contributed by atoms with van der Waals surface area (Å²) in [6.45, 7) is 13.5. The average Bonchev–Trinajstić information content (AvgIpc) is 3.66. The van der Waals surface area contributed by atoms with Gasteiger partial charge in [0.05, 0.1) is 14.2 Å².